The highest BCUT2D eigenvalue weighted by atomic mass is 16.1. The topological polar surface area (TPSA) is 17.1 Å². The third kappa shape index (κ3) is 6.93. The molecule has 0 saturated heterocycles. The zero-order chi connectivity index (χ0) is 15.5. The molecule has 0 saturated carbocycles. The van der Waals surface area contributed by atoms with Crippen LogP contribution in [-0.4, -0.2) is 5.78 Å². The molecule has 0 unspecified atom stereocenters. The van der Waals surface area contributed by atoms with Gasteiger partial charge in [-0.05, 0) is 31.4 Å². The first-order chi connectivity index (χ1) is 10.2. The number of carbonyl (C=O) groups is 1. The Morgan fingerprint density at radius 1 is 0.857 bits per heavy atom. The first-order valence-electron chi connectivity index (χ1n) is 8.76. The van der Waals surface area contributed by atoms with E-state index in [1.165, 1.54) is 56.9 Å². The molecule has 0 aliphatic carbocycles. The number of hydrogen-bond acceptors (Lipinski definition) is 1. The summed E-state index contributed by atoms with van der Waals surface area (Å²) in [6.07, 6.45) is 12.4. The van der Waals surface area contributed by atoms with Crippen molar-refractivity contribution in [2.45, 2.75) is 85.0 Å². The van der Waals surface area contributed by atoms with E-state index in [1.807, 2.05) is 12.1 Å². The van der Waals surface area contributed by atoms with Crippen LogP contribution in [0.1, 0.15) is 92.6 Å². The lowest BCUT2D eigenvalue weighted by Gasteiger charge is -2.07. The summed E-state index contributed by atoms with van der Waals surface area (Å²) in [7, 11) is 0. The SMILES string of the molecule is CCCCCCCCCCCC(=O)c1cccc(C)c1C. The van der Waals surface area contributed by atoms with Gasteiger partial charge in [0.15, 0.2) is 5.78 Å². The summed E-state index contributed by atoms with van der Waals surface area (Å²) in [4.78, 5) is 12.2. The van der Waals surface area contributed by atoms with Crippen LogP contribution in [-0.2, 0) is 0 Å². The maximum Gasteiger partial charge on any atom is 0.163 e. The summed E-state index contributed by atoms with van der Waals surface area (Å²) in [5, 5.41) is 0. The van der Waals surface area contributed by atoms with Gasteiger partial charge in [0.2, 0.25) is 0 Å². The summed E-state index contributed by atoms with van der Waals surface area (Å²) in [5.41, 5.74) is 3.29. The Labute approximate surface area is 131 Å². The van der Waals surface area contributed by atoms with Crippen molar-refractivity contribution in [3.05, 3.63) is 34.9 Å². The van der Waals surface area contributed by atoms with Crippen LogP contribution in [0.15, 0.2) is 18.2 Å². The van der Waals surface area contributed by atoms with Crippen LogP contribution in [0.25, 0.3) is 0 Å². The molecule has 1 aromatic carbocycles. The number of rotatable bonds is 11. The zero-order valence-corrected chi connectivity index (χ0v) is 14.2. The molecule has 21 heavy (non-hydrogen) atoms. The number of benzene rings is 1. The predicted octanol–water partition coefficient (Wildman–Crippen LogP) is 6.41. The number of ketones is 1. The molecule has 1 nitrogen and oxygen atoms in total. The molecule has 0 aliphatic heterocycles. The average Bonchev–Trinajstić information content (AvgIpc) is 2.48. The minimum absolute atomic E-state index is 0.319. The Balaban J connectivity index is 2.13. The van der Waals surface area contributed by atoms with Gasteiger partial charge < -0.3 is 0 Å². The van der Waals surface area contributed by atoms with Crippen molar-refractivity contribution >= 4 is 5.78 Å². The van der Waals surface area contributed by atoms with E-state index in [4.69, 9.17) is 0 Å². The van der Waals surface area contributed by atoms with Crippen LogP contribution in [0, 0.1) is 13.8 Å². The Morgan fingerprint density at radius 3 is 2.05 bits per heavy atom. The Hall–Kier alpha value is -1.11. The molecular formula is C20H32O. The highest BCUT2D eigenvalue weighted by molar-refractivity contribution is 5.97. The molecule has 0 amide bonds. The van der Waals surface area contributed by atoms with Gasteiger partial charge in [0.1, 0.15) is 0 Å². The fourth-order valence-electron chi connectivity index (χ4n) is 2.78. The van der Waals surface area contributed by atoms with Crippen LogP contribution in [0.5, 0.6) is 0 Å². The fourth-order valence-corrected chi connectivity index (χ4v) is 2.78. The first-order valence-corrected chi connectivity index (χ1v) is 8.76. The second kappa shape index (κ2) is 10.6. The van der Waals surface area contributed by atoms with Crippen LogP contribution in [0.4, 0.5) is 0 Å². The van der Waals surface area contributed by atoms with Crippen LogP contribution in [0.3, 0.4) is 0 Å². The molecule has 0 fully saturated rings. The number of Topliss-reactive ketones (excluding diaryl/α,β-unsaturated/α-hetero) is 1. The summed E-state index contributed by atoms with van der Waals surface area (Å²) in [6, 6.07) is 6.04. The van der Waals surface area contributed by atoms with Gasteiger partial charge in [0, 0.05) is 12.0 Å². The normalized spacial score (nSPS) is 10.8. The third-order valence-corrected chi connectivity index (χ3v) is 4.41. The van der Waals surface area contributed by atoms with Gasteiger partial charge in [-0.15, -0.1) is 0 Å². The smallest absolute Gasteiger partial charge is 0.163 e. The maximum atomic E-state index is 12.2. The minimum Gasteiger partial charge on any atom is -0.294 e. The lowest BCUT2D eigenvalue weighted by atomic mass is 9.97. The largest absolute Gasteiger partial charge is 0.294 e. The van der Waals surface area contributed by atoms with E-state index in [2.05, 4.69) is 26.8 Å². The van der Waals surface area contributed by atoms with E-state index in [0.717, 1.165) is 17.5 Å². The van der Waals surface area contributed by atoms with Crippen molar-refractivity contribution in [3.8, 4) is 0 Å². The van der Waals surface area contributed by atoms with Crippen molar-refractivity contribution in [1.29, 1.82) is 0 Å². The standard InChI is InChI=1S/C20H32O/c1-4-5-6-7-8-9-10-11-12-16-20(21)19-15-13-14-17(2)18(19)3/h13-15H,4-12,16H2,1-3H3. The maximum absolute atomic E-state index is 12.2. The molecule has 1 heteroatoms. The molecule has 0 bridgehead atoms. The lowest BCUT2D eigenvalue weighted by Crippen LogP contribution is -2.02. The molecule has 0 N–H and O–H groups in total. The molecule has 0 spiro atoms. The first kappa shape index (κ1) is 17.9. The van der Waals surface area contributed by atoms with Crippen molar-refractivity contribution < 1.29 is 4.79 Å². The lowest BCUT2D eigenvalue weighted by molar-refractivity contribution is 0.0978. The second-order valence-corrected chi connectivity index (χ2v) is 6.25. The Bertz CT molecular complexity index is 420. The quantitative estimate of drug-likeness (QED) is 0.340. The summed E-state index contributed by atoms with van der Waals surface area (Å²) >= 11 is 0. The summed E-state index contributed by atoms with van der Waals surface area (Å²) < 4.78 is 0. The Morgan fingerprint density at radius 2 is 1.43 bits per heavy atom. The van der Waals surface area contributed by atoms with Crippen LogP contribution < -0.4 is 0 Å². The molecule has 1 aromatic rings. The minimum atomic E-state index is 0.319. The Kier molecular flexibility index (Phi) is 9.05. The van der Waals surface area contributed by atoms with Gasteiger partial charge in [-0.25, -0.2) is 0 Å². The van der Waals surface area contributed by atoms with Crippen LogP contribution >= 0.6 is 0 Å². The van der Waals surface area contributed by atoms with Gasteiger partial charge in [-0.3, -0.25) is 4.79 Å². The molecule has 0 heterocycles. The fraction of sp³-hybridized carbons (Fsp3) is 0.650. The van der Waals surface area contributed by atoms with Crippen molar-refractivity contribution in [2.24, 2.45) is 0 Å². The highest BCUT2D eigenvalue weighted by Gasteiger charge is 2.09. The monoisotopic (exact) mass is 288 g/mol. The van der Waals surface area contributed by atoms with Crippen molar-refractivity contribution in [1.82, 2.24) is 0 Å². The van der Waals surface area contributed by atoms with Crippen LogP contribution in [0.2, 0.25) is 0 Å². The molecule has 0 atom stereocenters. The number of hydrogen-bond donors (Lipinski definition) is 0. The van der Waals surface area contributed by atoms with E-state index < -0.39 is 0 Å². The number of unbranched alkanes of at least 4 members (excludes halogenated alkanes) is 8. The zero-order valence-electron chi connectivity index (χ0n) is 14.2. The average molecular weight is 288 g/mol. The molecule has 118 valence electrons. The number of aryl methyl sites for hydroxylation is 1. The van der Waals surface area contributed by atoms with E-state index in [0.29, 0.717) is 12.2 Å². The molecule has 0 radical (unpaired) electrons. The van der Waals surface area contributed by atoms with E-state index in [9.17, 15) is 4.79 Å². The third-order valence-electron chi connectivity index (χ3n) is 4.41. The van der Waals surface area contributed by atoms with Crippen molar-refractivity contribution in [2.75, 3.05) is 0 Å². The highest BCUT2D eigenvalue weighted by Crippen LogP contribution is 2.17. The van der Waals surface area contributed by atoms with Gasteiger partial charge in [-0.1, -0.05) is 76.5 Å². The molecule has 0 aromatic heterocycles. The van der Waals surface area contributed by atoms with E-state index in [-0.39, 0.29) is 0 Å². The molecular weight excluding hydrogens is 256 g/mol. The van der Waals surface area contributed by atoms with Gasteiger partial charge >= 0.3 is 0 Å². The van der Waals surface area contributed by atoms with E-state index in [1.54, 1.807) is 0 Å². The van der Waals surface area contributed by atoms with Gasteiger partial charge in [0.05, 0.1) is 0 Å². The second-order valence-electron chi connectivity index (χ2n) is 6.25. The number of carbonyl (C=O) groups excluding carboxylic acids is 1. The van der Waals surface area contributed by atoms with E-state index >= 15 is 0 Å². The molecule has 1 rings (SSSR count). The summed E-state index contributed by atoms with van der Waals surface area (Å²) in [6.45, 7) is 6.39. The van der Waals surface area contributed by atoms with Crippen molar-refractivity contribution in [3.63, 3.8) is 0 Å². The van der Waals surface area contributed by atoms with Gasteiger partial charge in [-0.2, -0.15) is 0 Å². The summed E-state index contributed by atoms with van der Waals surface area (Å²) in [5.74, 6) is 0.319. The van der Waals surface area contributed by atoms with Gasteiger partial charge in [0.25, 0.3) is 0 Å². The molecule has 0 aliphatic rings. The predicted molar refractivity (Wildman–Crippen MR) is 92.1 cm³/mol.